The molecule has 3 heterocycles. The molecule has 1 N–H and O–H groups in total. The van der Waals surface area contributed by atoms with Crippen LogP contribution in [0, 0.1) is 0 Å². The van der Waals surface area contributed by atoms with Crippen molar-refractivity contribution in [3.63, 3.8) is 0 Å². The average Bonchev–Trinajstić information content (AvgIpc) is 3.24. The average molecular weight is 363 g/mol. The molecule has 0 radical (unpaired) electrons. The van der Waals surface area contributed by atoms with Crippen LogP contribution in [0.25, 0.3) is 5.82 Å². The molecule has 2 aromatic heterocycles. The zero-order chi connectivity index (χ0) is 18.6. The Kier molecular flexibility index (Phi) is 4.52. The predicted molar refractivity (Wildman–Crippen MR) is 97.5 cm³/mol. The summed E-state index contributed by atoms with van der Waals surface area (Å²) in [7, 11) is 0. The third-order valence-electron chi connectivity index (χ3n) is 4.15. The topological polar surface area (TPSA) is 89.4 Å². The molecule has 2 amide bonds. The van der Waals surface area contributed by atoms with E-state index in [1.54, 1.807) is 41.5 Å². The van der Waals surface area contributed by atoms with Crippen molar-refractivity contribution in [1.29, 1.82) is 0 Å². The van der Waals surface area contributed by atoms with Crippen LogP contribution in [0.15, 0.2) is 61.1 Å². The number of nitrogens with zero attached hydrogens (tertiary/aromatic N) is 4. The third kappa shape index (κ3) is 3.64. The lowest BCUT2D eigenvalue weighted by Gasteiger charge is -2.28. The smallest absolute Gasteiger partial charge is 0.265 e. The minimum absolute atomic E-state index is 0.0592. The maximum Gasteiger partial charge on any atom is 0.265 e. The summed E-state index contributed by atoms with van der Waals surface area (Å²) in [5, 5.41) is 6.98. The fourth-order valence-electron chi connectivity index (χ4n) is 2.83. The molecule has 4 rings (SSSR count). The van der Waals surface area contributed by atoms with Crippen LogP contribution in [0.2, 0.25) is 0 Å². The van der Waals surface area contributed by atoms with Crippen molar-refractivity contribution < 1.29 is 14.3 Å². The minimum atomic E-state index is -0.252. The fourth-order valence-corrected chi connectivity index (χ4v) is 2.83. The first-order chi connectivity index (χ1) is 13.2. The van der Waals surface area contributed by atoms with E-state index in [1.807, 2.05) is 24.3 Å². The number of carbonyl (C=O) groups excluding carboxylic acids is 2. The maximum absolute atomic E-state index is 12.4. The number of para-hydroxylation sites is 2. The number of nitrogens with one attached hydrogen (secondary N) is 1. The van der Waals surface area contributed by atoms with Crippen LogP contribution in [0.1, 0.15) is 5.56 Å². The van der Waals surface area contributed by atoms with Gasteiger partial charge < -0.3 is 10.1 Å². The van der Waals surface area contributed by atoms with Crippen molar-refractivity contribution in [2.45, 2.75) is 6.54 Å². The monoisotopic (exact) mass is 363 g/mol. The molecule has 0 unspecified atom stereocenters. The van der Waals surface area contributed by atoms with Gasteiger partial charge in [0.25, 0.3) is 5.91 Å². The molecule has 0 aliphatic carbocycles. The van der Waals surface area contributed by atoms with Gasteiger partial charge in [0.1, 0.15) is 12.3 Å². The highest BCUT2D eigenvalue weighted by molar-refractivity contribution is 6.02. The van der Waals surface area contributed by atoms with E-state index in [0.717, 1.165) is 5.56 Å². The first-order valence-electron chi connectivity index (χ1n) is 8.44. The second kappa shape index (κ2) is 7.28. The Labute approximate surface area is 155 Å². The number of amides is 2. The van der Waals surface area contributed by atoms with Gasteiger partial charge in [0, 0.05) is 25.1 Å². The van der Waals surface area contributed by atoms with Crippen molar-refractivity contribution in [3.05, 3.63) is 66.6 Å². The Morgan fingerprint density at radius 2 is 2.07 bits per heavy atom. The van der Waals surface area contributed by atoms with Crippen LogP contribution >= 0.6 is 0 Å². The Bertz CT molecular complexity index is 971. The highest BCUT2D eigenvalue weighted by Gasteiger charge is 2.26. The number of aromatic nitrogens is 3. The zero-order valence-electron chi connectivity index (χ0n) is 14.4. The molecule has 0 atom stereocenters. The first-order valence-corrected chi connectivity index (χ1v) is 8.44. The van der Waals surface area contributed by atoms with Gasteiger partial charge in [-0.15, -0.1) is 0 Å². The summed E-state index contributed by atoms with van der Waals surface area (Å²) in [5.41, 5.74) is 1.49. The lowest BCUT2D eigenvalue weighted by molar-refractivity contribution is -0.125. The molecule has 3 aromatic rings. The van der Waals surface area contributed by atoms with E-state index >= 15 is 0 Å². The fraction of sp³-hybridized carbons (Fsp3) is 0.158. The van der Waals surface area contributed by atoms with Gasteiger partial charge in [0.2, 0.25) is 5.91 Å². The summed E-state index contributed by atoms with van der Waals surface area (Å²) in [6.45, 7) is 0.202. The van der Waals surface area contributed by atoms with E-state index in [-0.39, 0.29) is 25.0 Å². The van der Waals surface area contributed by atoms with Gasteiger partial charge in [-0.2, -0.15) is 5.10 Å². The molecule has 0 bridgehead atoms. The summed E-state index contributed by atoms with van der Waals surface area (Å²) >= 11 is 0. The molecule has 27 heavy (non-hydrogen) atoms. The lowest BCUT2D eigenvalue weighted by Crippen LogP contribution is -2.45. The number of benzene rings is 1. The van der Waals surface area contributed by atoms with E-state index in [0.29, 0.717) is 23.8 Å². The molecule has 0 saturated heterocycles. The number of hydrogen-bond donors (Lipinski definition) is 1. The van der Waals surface area contributed by atoms with Crippen LogP contribution in [0.3, 0.4) is 0 Å². The molecular weight excluding hydrogens is 346 g/mol. The summed E-state index contributed by atoms with van der Waals surface area (Å²) in [5.74, 6) is 0.776. The largest absolute Gasteiger partial charge is 0.482 e. The normalized spacial score (nSPS) is 13.0. The summed E-state index contributed by atoms with van der Waals surface area (Å²) in [4.78, 5) is 30.2. The zero-order valence-corrected chi connectivity index (χ0v) is 14.4. The van der Waals surface area contributed by atoms with Crippen LogP contribution < -0.4 is 15.0 Å². The molecule has 1 aliphatic rings. The van der Waals surface area contributed by atoms with Crippen molar-refractivity contribution in [2.75, 3.05) is 18.1 Å². The van der Waals surface area contributed by atoms with Crippen LogP contribution in [-0.2, 0) is 16.1 Å². The number of ether oxygens (including phenoxy) is 1. The van der Waals surface area contributed by atoms with Gasteiger partial charge in [-0.3, -0.25) is 14.5 Å². The SMILES string of the molecule is O=C(CN1C(=O)COc2ccccc21)NCc1ccnc(-n2cccn2)c1. The van der Waals surface area contributed by atoms with Gasteiger partial charge in [-0.25, -0.2) is 9.67 Å². The Balaban J connectivity index is 1.41. The van der Waals surface area contributed by atoms with Gasteiger partial charge >= 0.3 is 0 Å². The lowest BCUT2D eigenvalue weighted by atomic mass is 10.2. The molecule has 1 aliphatic heterocycles. The number of anilines is 1. The Hall–Kier alpha value is -3.68. The maximum atomic E-state index is 12.4. The van der Waals surface area contributed by atoms with Gasteiger partial charge in [0.05, 0.1) is 5.69 Å². The van der Waals surface area contributed by atoms with Crippen molar-refractivity contribution in [1.82, 2.24) is 20.1 Å². The van der Waals surface area contributed by atoms with Crippen LogP contribution in [0.4, 0.5) is 5.69 Å². The van der Waals surface area contributed by atoms with E-state index < -0.39 is 0 Å². The van der Waals surface area contributed by atoms with Gasteiger partial charge in [-0.1, -0.05) is 12.1 Å². The standard InChI is InChI=1S/C19H17N5O3/c25-18(12-23-15-4-1-2-5-16(15)27-13-19(23)26)21-11-14-6-8-20-17(10-14)24-9-3-7-22-24/h1-10H,11-13H2,(H,21,25). The molecule has 0 spiro atoms. The number of hydrogen-bond acceptors (Lipinski definition) is 5. The number of pyridine rings is 1. The van der Waals surface area contributed by atoms with E-state index in [2.05, 4.69) is 15.4 Å². The Morgan fingerprint density at radius 1 is 1.19 bits per heavy atom. The molecule has 8 heteroatoms. The second-order valence-electron chi connectivity index (χ2n) is 5.99. The highest BCUT2D eigenvalue weighted by atomic mass is 16.5. The van der Waals surface area contributed by atoms with E-state index in [4.69, 9.17) is 4.74 Å². The quantitative estimate of drug-likeness (QED) is 0.738. The number of carbonyl (C=O) groups is 2. The summed E-state index contributed by atoms with van der Waals surface area (Å²) in [6.07, 6.45) is 5.14. The number of fused-ring (bicyclic) bond motifs is 1. The second-order valence-corrected chi connectivity index (χ2v) is 5.99. The van der Waals surface area contributed by atoms with E-state index in [9.17, 15) is 9.59 Å². The van der Waals surface area contributed by atoms with Crippen molar-refractivity contribution in [2.24, 2.45) is 0 Å². The molecule has 0 fully saturated rings. The predicted octanol–water partition coefficient (Wildman–Crippen LogP) is 1.31. The number of rotatable bonds is 5. The van der Waals surface area contributed by atoms with Crippen LogP contribution in [-0.4, -0.2) is 39.7 Å². The summed E-state index contributed by atoms with van der Waals surface area (Å²) < 4.78 is 7.03. The van der Waals surface area contributed by atoms with Gasteiger partial charge in [0.15, 0.2) is 12.4 Å². The van der Waals surface area contributed by atoms with Crippen LogP contribution in [0.5, 0.6) is 5.75 Å². The molecule has 8 nitrogen and oxygen atoms in total. The molecular formula is C19H17N5O3. The van der Waals surface area contributed by atoms with Crippen molar-refractivity contribution in [3.8, 4) is 11.6 Å². The molecule has 136 valence electrons. The highest BCUT2D eigenvalue weighted by Crippen LogP contribution is 2.31. The first kappa shape index (κ1) is 16.8. The van der Waals surface area contributed by atoms with Crippen molar-refractivity contribution >= 4 is 17.5 Å². The Morgan fingerprint density at radius 3 is 2.93 bits per heavy atom. The molecule has 1 aromatic carbocycles. The van der Waals surface area contributed by atoms with Gasteiger partial charge in [-0.05, 0) is 35.9 Å². The van der Waals surface area contributed by atoms with E-state index in [1.165, 1.54) is 4.90 Å². The third-order valence-corrected chi connectivity index (χ3v) is 4.15. The minimum Gasteiger partial charge on any atom is -0.482 e. The summed E-state index contributed by atoms with van der Waals surface area (Å²) in [6, 6.07) is 12.7. The molecule has 0 saturated carbocycles.